The maximum absolute atomic E-state index is 12.2. The number of allylic oxidation sites excluding steroid dienone is 2. The van der Waals surface area contributed by atoms with Crippen LogP contribution in [0.5, 0.6) is 0 Å². The molecule has 1 aromatic carbocycles. The number of carbonyl (C=O) groups excluding carboxylic acids is 1. The molecule has 3 aromatic heterocycles. The second kappa shape index (κ2) is 7.14. The molecule has 0 spiro atoms. The van der Waals surface area contributed by atoms with Crippen molar-refractivity contribution in [1.82, 2.24) is 24.3 Å². The molecule has 0 bridgehead atoms. The quantitative estimate of drug-likeness (QED) is 0.465. The van der Waals surface area contributed by atoms with Gasteiger partial charge in [-0.15, -0.1) is 0 Å². The Labute approximate surface area is 191 Å². The minimum absolute atomic E-state index is 0.0130. The Morgan fingerprint density at radius 2 is 1.88 bits per heavy atom. The number of amides is 1. The molecule has 1 amide bonds. The van der Waals surface area contributed by atoms with Gasteiger partial charge in [0, 0.05) is 48.8 Å². The predicted octanol–water partition coefficient (Wildman–Crippen LogP) is 2.18. The molecule has 6 rings (SSSR count). The summed E-state index contributed by atoms with van der Waals surface area (Å²) >= 11 is 0. The summed E-state index contributed by atoms with van der Waals surface area (Å²) < 4.78 is 2.08. The van der Waals surface area contributed by atoms with E-state index in [9.17, 15) is 4.79 Å². The van der Waals surface area contributed by atoms with E-state index in [-0.39, 0.29) is 17.2 Å². The van der Waals surface area contributed by atoms with Crippen LogP contribution in [0.25, 0.3) is 29.1 Å². The zero-order valence-electron chi connectivity index (χ0n) is 18.4. The van der Waals surface area contributed by atoms with Gasteiger partial charge in [0.2, 0.25) is 5.78 Å². The molecule has 0 fully saturated rings. The van der Waals surface area contributed by atoms with Gasteiger partial charge in [0.05, 0.1) is 28.9 Å². The third-order valence-electron chi connectivity index (χ3n) is 6.50. The molecule has 2 aliphatic rings. The summed E-state index contributed by atoms with van der Waals surface area (Å²) in [7, 11) is 3.51. The fourth-order valence-corrected chi connectivity index (χ4v) is 4.58. The van der Waals surface area contributed by atoms with E-state index in [0.29, 0.717) is 11.3 Å². The molecule has 4 aromatic rings. The van der Waals surface area contributed by atoms with Crippen LogP contribution in [0.1, 0.15) is 22.5 Å². The van der Waals surface area contributed by atoms with Gasteiger partial charge < -0.3 is 4.90 Å². The highest BCUT2D eigenvalue weighted by molar-refractivity contribution is 5.94. The average molecular weight is 431 g/mol. The third-order valence-corrected chi connectivity index (χ3v) is 6.50. The molecule has 160 valence electrons. The lowest BCUT2D eigenvalue weighted by Gasteiger charge is -2.25. The van der Waals surface area contributed by atoms with Gasteiger partial charge in [-0.3, -0.25) is 9.20 Å². The van der Waals surface area contributed by atoms with Crippen LogP contribution >= 0.6 is 0 Å². The second-order valence-corrected chi connectivity index (χ2v) is 8.74. The normalized spacial score (nSPS) is 17.5. The Balaban J connectivity index is 1.38. The van der Waals surface area contributed by atoms with E-state index >= 15 is 0 Å². The van der Waals surface area contributed by atoms with Gasteiger partial charge in [-0.05, 0) is 30.2 Å². The van der Waals surface area contributed by atoms with E-state index in [1.165, 1.54) is 0 Å². The van der Waals surface area contributed by atoms with Gasteiger partial charge in [-0.1, -0.05) is 42.5 Å². The maximum atomic E-state index is 12.2. The number of aromatic nitrogens is 4. The Bertz CT molecular complexity index is 1540. The topological polar surface area (TPSA) is 63.4 Å². The first kappa shape index (κ1) is 19.4. The van der Waals surface area contributed by atoms with Gasteiger partial charge in [0.1, 0.15) is 0 Å². The number of hydrogen-bond acceptors (Lipinski definition) is 4. The minimum Gasteiger partial charge on any atom is -0.345 e. The van der Waals surface area contributed by atoms with Crippen LogP contribution in [-0.2, 0) is 5.41 Å². The molecular weight excluding hydrogens is 410 g/mol. The Kier molecular flexibility index (Phi) is 4.21. The lowest BCUT2D eigenvalue weighted by molar-refractivity contribution is 0.0827. The Hall–Kier alpha value is -4.24. The van der Waals surface area contributed by atoms with Crippen molar-refractivity contribution in [2.24, 2.45) is 5.92 Å². The summed E-state index contributed by atoms with van der Waals surface area (Å²) in [6, 6.07) is 13.8. The zero-order chi connectivity index (χ0) is 22.6. The standard InChI is InChI=1S/C27H21N5O/c1-31(2)25(33)19-7-5-18(6-8-19)21-15-29-26-30-16-24(32(26)17-21)27(11-12-27)22-9-10-23-20(14-22)4-3-13-28-23/h5-8,10-17,22H,9H2,1-2H3. The smallest absolute Gasteiger partial charge is 0.253 e. The highest BCUT2D eigenvalue weighted by Gasteiger charge is 2.45. The maximum Gasteiger partial charge on any atom is 0.253 e. The van der Waals surface area contributed by atoms with Crippen molar-refractivity contribution in [3.63, 3.8) is 0 Å². The van der Waals surface area contributed by atoms with Crippen LogP contribution in [0.3, 0.4) is 0 Å². The number of rotatable bonds is 4. The lowest BCUT2D eigenvalue weighted by atomic mass is 9.80. The van der Waals surface area contributed by atoms with Crippen molar-refractivity contribution >= 4 is 23.8 Å². The van der Waals surface area contributed by atoms with Gasteiger partial charge in [0.15, 0.2) is 0 Å². The number of imidazole rings is 1. The van der Waals surface area contributed by atoms with E-state index in [2.05, 4.69) is 62.0 Å². The summed E-state index contributed by atoms with van der Waals surface area (Å²) in [5, 5.41) is 1.97. The Morgan fingerprint density at radius 3 is 2.64 bits per heavy atom. The van der Waals surface area contributed by atoms with Crippen LogP contribution in [0.2, 0.25) is 0 Å². The number of fused-ring (bicyclic) bond motifs is 2. The average Bonchev–Trinajstić information content (AvgIpc) is 3.55. The van der Waals surface area contributed by atoms with Crippen molar-refractivity contribution in [3.8, 4) is 11.1 Å². The summed E-state index contributed by atoms with van der Waals surface area (Å²) in [5.74, 6) is 0.919. The molecule has 0 aliphatic heterocycles. The van der Waals surface area contributed by atoms with E-state index in [1.807, 2.05) is 36.7 Å². The highest BCUT2D eigenvalue weighted by Crippen LogP contribution is 2.48. The van der Waals surface area contributed by atoms with E-state index in [1.54, 1.807) is 25.2 Å². The Morgan fingerprint density at radius 1 is 1.09 bits per heavy atom. The summed E-state index contributed by atoms with van der Waals surface area (Å²) in [4.78, 5) is 27.3. The highest BCUT2D eigenvalue weighted by atomic mass is 16.2. The van der Waals surface area contributed by atoms with Gasteiger partial charge >= 0.3 is 0 Å². The molecule has 0 N–H and O–H groups in total. The van der Waals surface area contributed by atoms with Gasteiger partial charge in [-0.2, -0.15) is 0 Å². The zero-order valence-corrected chi connectivity index (χ0v) is 18.4. The van der Waals surface area contributed by atoms with E-state index in [4.69, 9.17) is 0 Å². The largest absolute Gasteiger partial charge is 0.345 e. The molecule has 6 heteroatoms. The lowest BCUT2D eigenvalue weighted by Crippen LogP contribution is -2.34. The van der Waals surface area contributed by atoms with Crippen molar-refractivity contribution in [3.05, 3.63) is 95.2 Å². The molecule has 33 heavy (non-hydrogen) atoms. The third kappa shape index (κ3) is 3.13. The molecule has 6 nitrogen and oxygen atoms in total. The first-order valence-electron chi connectivity index (χ1n) is 10.9. The van der Waals surface area contributed by atoms with E-state index in [0.717, 1.165) is 33.8 Å². The van der Waals surface area contributed by atoms with Crippen molar-refractivity contribution in [2.75, 3.05) is 14.1 Å². The monoisotopic (exact) mass is 431 g/mol. The number of carbonyl (C=O) groups is 1. The SMILES string of the molecule is CN(C)C(=O)c1ccc(-c2cnc3ncc(C4(C5C=c6c#ccnc6=CC5)C=C4)n3c2)cc1. The molecule has 1 atom stereocenters. The summed E-state index contributed by atoms with van der Waals surface area (Å²) in [5.41, 5.74) is 3.53. The number of benzene rings is 1. The number of nitrogens with zero attached hydrogens (tertiary/aromatic N) is 5. The minimum atomic E-state index is -0.195. The molecule has 1 unspecified atom stereocenters. The van der Waals surface area contributed by atoms with Crippen LogP contribution in [0, 0.1) is 18.1 Å². The van der Waals surface area contributed by atoms with E-state index < -0.39 is 0 Å². The first-order valence-corrected chi connectivity index (χ1v) is 10.9. The molecular formula is C27H21N5O. The van der Waals surface area contributed by atoms with Crippen molar-refractivity contribution in [2.45, 2.75) is 11.8 Å². The van der Waals surface area contributed by atoms with Crippen molar-refractivity contribution in [1.29, 1.82) is 0 Å². The second-order valence-electron chi connectivity index (χ2n) is 8.74. The summed E-state index contributed by atoms with van der Waals surface area (Å²) in [6.07, 6.45) is 17.3. The molecule has 0 radical (unpaired) electrons. The summed E-state index contributed by atoms with van der Waals surface area (Å²) in [6.45, 7) is 0. The first-order chi connectivity index (χ1) is 16.0. The molecule has 3 heterocycles. The molecule has 2 aliphatic carbocycles. The van der Waals surface area contributed by atoms with Gasteiger partial charge in [-0.25, -0.2) is 15.0 Å². The fraction of sp³-hybridized carbons (Fsp3) is 0.185. The number of hydrogen-bond donors (Lipinski definition) is 0. The van der Waals surface area contributed by atoms with Crippen LogP contribution in [0.4, 0.5) is 0 Å². The molecule has 0 saturated carbocycles. The van der Waals surface area contributed by atoms with Crippen LogP contribution in [-0.4, -0.2) is 44.3 Å². The van der Waals surface area contributed by atoms with Crippen LogP contribution < -0.4 is 10.6 Å². The predicted molar refractivity (Wildman–Crippen MR) is 125 cm³/mol. The molecule has 0 saturated heterocycles. The fourth-order valence-electron chi connectivity index (χ4n) is 4.58. The van der Waals surface area contributed by atoms with Crippen molar-refractivity contribution < 1.29 is 4.79 Å². The van der Waals surface area contributed by atoms with Crippen LogP contribution in [0.15, 0.2) is 61.2 Å². The van der Waals surface area contributed by atoms with Gasteiger partial charge in [0.25, 0.3) is 5.91 Å².